The van der Waals surface area contributed by atoms with Gasteiger partial charge in [-0.05, 0) is 40.8 Å². The Kier molecular flexibility index (Phi) is 5.79. The lowest BCUT2D eigenvalue weighted by molar-refractivity contribution is 0.0956. The van der Waals surface area contributed by atoms with Crippen LogP contribution in [-0.2, 0) is 0 Å². The Balaban J connectivity index is 2.36. The molecule has 1 rings (SSSR count). The molecule has 0 aliphatic rings. The first-order valence-corrected chi connectivity index (χ1v) is 7.63. The molecular formula is C13H18INOS. The van der Waals surface area contributed by atoms with Crippen molar-refractivity contribution in [3.63, 3.8) is 0 Å². The number of amides is 1. The quantitative estimate of drug-likeness (QED) is 0.655. The van der Waals surface area contributed by atoms with E-state index in [4.69, 9.17) is 0 Å². The van der Waals surface area contributed by atoms with Gasteiger partial charge < -0.3 is 5.32 Å². The maximum atomic E-state index is 11.8. The maximum Gasteiger partial charge on any atom is 0.251 e. The summed E-state index contributed by atoms with van der Waals surface area (Å²) in [6.45, 7) is 7.25. The lowest BCUT2D eigenvalue weighted by atomic mass is 10.2. The van der Waals surface area contributed by atoms with E-state index in [9.17, 15) is 4.79 Å². The van der Waals surface area contributed by atoms with Crippen LogP contribution in [0.25, 0.3) is 0 Å². The second kappa shape index (κ2) is 6.64. The molecule has 0 aliphatic heterocycles. The highest BCUT2D eigenvalue weighted by atomic mass is 127. The standard InChI is InChI=1S/C13H18INOS/c1-13(2,3)17-8-7-15-12(16)10-5-4-6-11(14)9-10/h4-6,9H,7-8H2,1-3H3,(H,15,16). The van der Waals surface area contributed by atoms with Crippen molar-refractivity contribution < 1.29 is 4.79 Å². The topological polar surface area (TPSA) is 29.1 Å². The number of hydrogen-bond acceptors (Lipinski definition) is 2. The summed E-state index contributed by atoms with van der Waals surface area (Å²) in [5.41, 5.74) is 0.734. The summed E-state index contributed by atoms with van der Waals surface area (Å²) in [5.74, 6) is 0.956. The monoisotopic (exact) mass is 363 g/mol. The van der Waals surface area contributed by atoms with Crippen LogP contribution in [0.5, 0.6) is 0 Å². The van der Waals surface area contributed by atoms with Crippen molar-refractivity contribution >= 4 is 40.3 Å². The van der Waals surface area contributed by atoms with Crippen LogP contribution in [-0.4, -0.2) is 23.0 Å². The maximum absolute atomic E-state index is 11.8. The summed E-state index contributed by atoms with van der Waals surface area (Å²) in [6.07, 6.45) is 0. The zero-order valence-electron chi connectivity index (χ0n) is 10.4. The van der Waals surface area contributed by atoms with E-state index in [1.165, 1.54) is 0 Å². The van der Waals surface area contributed by atoms with Crippen molar-refractivity contribution in [2.45, 2.75) is 25.5 Å². The van der Waals surface area contributed by atoms with Crippen LogP contribution in [0.1, 0.15) is 31.1 Å². The van der Waals surface area contributed by atoms with Crippen LogP contribution < -0.4 is 5.32 Å². The van der Waals surface area contributed by atoms with Gasteiger partial charge in [-0.3, -0.25) is 4.79 Å². The number of carbonyl (C=O) groups excluding carboxylic acids is 1. The fraction of sp³-hybridized carbons (Fsp3) is 0.462. The minimum absolute atomic E-state index is 0.0121. The second-order valence-electron chi connectivity index (χ2n) is 4.73. The van der Waals surface area contributed by atoms with Gasteiger partial charge in [-0.2, -0.15) is 11.8 Å². The molecular weight excluding hydrogens is 345 g/mol. The van der Waals surface area contributed by atoms with Crippen molar-refractivity contribution in [3.8, 4) is 0 Å². The molecule has 0 saturated heterocycles. The highest BCUT2D eigenvalue weighted by Gasteiger charge is 2.10. The Morgan fingerprint density at radius 1 is 1.41 bits per heavy atom. The Hall–Kier alpha value is -0.230. The Morgan fingerprint density at radius 3 is 2.71 bits per heavy atom. The molecule has 1 aromatic rings. The first kappa shape index (κ1) is 14.8. The van der Waals surface area contributed by atoms with Gasteiger partial charge in [-0.25, -0.2) is 0 Å². The predicted octanol–water partition coefficient (Wildman–Crippen LogP) is 3.55. The van der Waals surface area contributed by atoms with E-state index in [1.807, 2.05) is 36.0 Å². The number of benzene rings is 1. The largest absolute Gasteiger partial charge is 0.351 e. The third kappa shape index (κ3) is 6.31. The number of carbonyl (C=O) groups is 1. The van der Waals surface area contributed by atoms with Crippen LogP contribution >= 0.6 is 34.4 Å². The molecule has 0 aromatic heterocycles. The molecule has 1 N–H and O–H groups in total. The lowest BCUT2D eigenvalue weighted by Gasteiger charge is -2.17. The smallest absolute Gasteiger partial charge is 0.251 e. The molecule has 0 spiro atoms. The summed E-state index contributed by atoms with van der Waals surface area (Å²) < 4.78 is 1.34. The number of nitrogens with one attached hydrogen (secondary N) is 1. The van der Waals surface area contributed by atoms with Gasteiger partial charge in [0.05, 0.1) is 0 Å². The van der Waals surface area contributed by atoms with Crippen molar-refractivity contribution in [3.05, 3.63) is 33.4 Å². The van der Waals surface area contributed by atoms with E-state index in [0.717, 1.165) is 14.9 Å². The summed E-state index contributed by atoms with van der Waals surface area (Å²) in [7, 11) is 0. The van der Waals surface area contributed by atoms with Gasteiger partial charge >= 0.3 is 0 Å². The van der Waals surface area contributed by atoms with E-state index < -0.39 is 0 Å². The zero-order chi connectivity index (χ0) is 12.9. The molecule has 17 heavy (non-hydrogen) atoms. The minimum atomic E-state index is 0.0121. The molecule has 0 atom stereocenters. The highest BCUT2D eigenvalue weighted by Crippen LogP contribution is 2.22. The van der Waals surface area contributed by atoms with Crippen molar-refractivity contribution in [2.75, 3.05) is 12.3 Å². The Labute approximate surface area is 121 Å². The van der Waals surface area contributed by atoms with Crippen LogP contribution in [0.2, 0.25) is 0 Å². The molecule has 0 heterocycles. The van der Waals surface area contributed by atoms with Crippen molar-refractivity contribution in [2.24, 2.45) is 0 Å². The van der Waals surface area contributed by atoms with Gasteiger partial charge in [0.2, 0.25) is 0 Å². The molecule has 0 unspecified atom stereocenters. The fourth-order valence-electron chi connectivity index (χ4n) is 1.25. The average Bonchev–Trinajstić information content (AvgIpc) is 2.23. The first-order valence-electron chi connectivity index (χ1n) is 5.56. The number of halogens is 1. The van der Waals surface area contributed by atoms with Gasteiger partial charge in [0.1, 0.15) is 0 Å². The number of thioether (sulfide) groups is 1. The molecule has 0 fully saturated rings. The summed E-state index contributed by atoms with van der Waals surface area (Å²) in [5, 5.41) is 2.94. The predicted molar refractivity (Wildman–Crippen MR) is 83.7 cm³/mol. The van der Waals surface area contributed by atoms with Crippen molar-refractivity contribution in [1.29, 1.82) is 0 Å². The molecule has 2 nitrogen and oxygen atoms in total. The van der Waals surface area contributed by atoms with Gasteiger partial charge in [0, 0.05) is 26.2 Å². The van der Waals surface area contributed by atoms with Gasteiger partial charge in [-0.15, -0.1) is 0 Å². The molecule has 4 heteroatoms. The van der Waals surface area contributed by atoms with Gasteiger partial charge in [0.25, 0.3) is 5.91 Å². The molecule has 0 bridgehead atoms. The molecule has 0 saturated carbocycles. The molecule has 1 aromatic carbocycles. The highest BCUT2D eigenvalue weighted by molar-refractivity contribution is 14.1. The molecule has 94 valence electrons. The molecule has 0 aliphatic carbocycles. The third-order valence-electron chi connectivity index (χ3n) is 2.01. The number of rotatable bonds is 4. The molecule has 0 radical (unpaired) electrons. The van der Waals surface area contributed by atoms with Gasteiger partial charge in [0.15, 0.2) is 0 Å². The average molecular weight is 363 g/mol. The van der Waals surface area contributed by atoms with Crippen LogP contribution in [0, 0.1) is 3.57 Å². The third-order valence-corrected chi connectivity index (χ3v) is 3.95. The van der Waals surface area contributed by atoms with Gasteiger partial charge in [-0.1, -0.05) is 26.8 Å². The number of hydrogen-bond donors (Lipinski definition) is 1. The summed E-state index contributed by atoms with van der Waals surface area (Å²) >= 11 is 4.07. The Morgan fingerprint density at radius 2 is 2.12 bits per heavy atom. The van der Waals surface area contributed by atoms with Crippen molar-refractivity contribution in [1.82, 2.24) is 5.32 Å². The van der Waals surface area contributed by atoms with Crippen LogP contribution in [0.15, 0.2) is 24.3 Å². The summed E-state index contributed by atoms with van der Waals surface area (Å²) in [6, 6.07) is 7.62. The first-order chi connectivity index (χ1) is 7.88. The lowest BCUT2D eigenvalue weighted by Crippen LogP contribution is -2.26. The second-order valence-corrected chi connectivity index (χ2v) is 7.89. The van der Waals surface area contributed by atoms with E-state index in [-0.39, 0.29) is 10.7 Å². The van der Waals surface area contributed by atoms with E-state index in [2.05, 4.69) is 48.7 Å². The SMILES string of the molecule is CC(C)(C)SCCNC(=O)c1cccc(I)c1. The van der Waals surface area contributed by atoms with E-state index in [0.29, 0.717) is 6.54 Å². The minimum Gasteiger partial charge on any atom is -0.351 e. The normalized spacial score (nSPS) is 11.3. The molecule has 1 amide bonds. The Bertz CT molecular complexity index is 387. The van der Waals surface area contributed by atoms with E-state index in [1.54, 1.807) is 0 Å². The zero-order valence-corrected chi connectivity index (χ0v) is 13.4. The van der Waals surface area contributed by atoms with Crippen LogP contribution in [0.4, 0.5) is 0 Å². The van der Waals surface area contributed by atoms with E-state index >= 15 is 0 Å². The summed E-state index contributed by atoms with van der Waals surface area (Å²) in [4.78, 5) is 11.8. The fourth-order valence-corrected chi connectivity index (χ4v) is 2.61. The van der Waals surface area contributed by atoms with Crippen LogP contribution in [0.3, 0.4) is 0 Å².